The molecule has 1 amide bonds. The van der Waals surface area contributed by atoms with Gasteiger partial charge in [-0.05, 0) is 43.2 Å². The Kier molecular flexibility index (Phi) is 7.04. The molecule has 0 saturated heterocycles. The van der Waals surface area contributed by atoms with Crippen LogP contribution in [0.15, 0.2) is 58.1 Å². The van der Waals surface area contributed by atoms with Gasteiger partial charge < -0.3 is 14.8 Å². The highest BCUT2D eigenvalue weighted by Gasteiger charge is 2.24. The number of amides is 1. The smallest absolute Gasteiger partial charge is 0.263 e. The van der Waals surface area contributed by atoms with E-state index in [1.54, 1.807) is 25.3 Å². The summed E-state index contributed by atoms with van der Waals surface area (Å²) in [7, 11) is 3.08. The van der Waals surface area contributed by atoms with E-state index in [2.05, 4.69) is 26.2 Å². The summed E-state index contributed by atoms with van der Waals surface area (Å²) in [5, 5.41) is 3.41. The molecule has 7 nitrogen and oxygen atoms in total. The molecule has 1 atom stereocenters. The topological polar surface area (TPSA) is 82.4 Å². The van der Waals surface area contributed by atoms with Crippen LogP contribution in [0.2, 0.25) is 0 Å². The summed E-state index contributed by atoms with van der Waals surface area (Å²) in [6, 6.07) is 12.2. The number of hydrogen-bond acceptors (Lipinski definition) is 6. The Morgan fingerprint density at radius 1 is 1.18 bits per heavy atom. The Morgan fingerprint density at radius 3 is 2.56 bits per heavy atom. The second kappa shape index (κ2) is 9.99. The van der Waals surface area contributed by atoms with Crippen LogP contribution in [0.25, 0.3) is 21.3 Å². The van der Waals surface area contributed by atoms with Crippen LogP contribution in [0.1, 0.15) is 24.3 Å². The molecule has 1 unspecified atom stereocenters. The number of rotatable bonds is 7. The first-order valence-electron chi connectivity index (χ1n) is 10.7. The molecule has 2 aromatic heterocycles. The number of fused-ring (bicyclic) bond motifs is 1. The average molecular weight is 542 g/mol. The molecular formula is C25H24BrN3O4S. The number of nitrogens with one attached hydrogen (secondary N) is 1. The highest BCUT2D eigenvalue weighted by Crippen LogP contribution is 2.36. The van der Waals surface area contributed by atoms with Gasteiger partial charge in [0.25, 0.3) is 5.56 Å². The molecule has 0 saturated carbocycles. The van der Waals surface area contributed by atoms with Crippen LogP contribution in [0.4, 0.5) is 5.69 Å². The number of aromatic nitrogens is 2. The van der Waals surface area contributed by atoms with Crippen molar-refractivity contribution in [1.82, 2.24) is 9.55 Å². The molecule has 0 fully saturated rings. The number of benzene rings is 2. The van der Waals surface area contributed by atoms with Crippen LogP contribution >= 0.6 is 27.3 Å². The van der Waals surface area contributed by atoms with Crippen molar-refractivity contribution in [3.8, 4) is 22.6 Å². The highest BCUT2D eigenvalue weighted by molar-refractivity contribution is 9.10. The maximum Gasteiger partial charge on any atom is 0.263 e. The molecule has 2 heterocycles. The Bertz CT molecular complexity index is 1410. The first-order chi connectivity index (χ1) is 16.4. The number of carbonyl (C=O) groups is 1. The lowest BCUT2D eigenvalue weighted by Gasteiger charge is -2.19. The van der Waals surface area contributed by atoms with Gasteiger partial charge in [-0.25, -0.2) is 4.98 Å². The molecule has 4 aromatic rings. The SMILES string of the molecule is CCC(C(=O)Nc1cc(OC)ccc1OC)n1cnc2sc(C)c(-c3ccc(Br)cc3)c2c1=O. The third-order valence-electron chi connectivity index (χ3n) is 5.64. The van der Waals surface area contributed by atoms with Crippen LogP contribution in [-0.4, -0.2) is 29.7 Å². The third kappa shape index (κ3) is 4.45. The lowest BCUT2D eigenvalue weighted by molar-refractivity contribution is -0.119. The monoisotopic (exact) mass is 541 g/mol. The van der Waals surface area contributed by atoms with Gasteiger partial charge in [0.2, 0.25) is 5.91 Å². The van der Waals surface area contributed by atoms with Crippen molar-refractivity contribution in [2.75, 3.05) is 19.5 Å². The number of thiophene rings is 1. The Balaban J connectivity index is 1.77. The minimum atomic E-state index is -0.752. The van der Waals surface area contributed by atoms with Gasteiger partial charge in [-0.15, -0.1) is 11.3 Å². The minimum absolute atomic E-state index is 0.244. The van der Waals surface area contributed by atoms with Crippen molar-refractivity contribution in [3.05, 3.63) is 68.5 Å². The number of halogens is 1. The lowest BCUT2D eigenvalue weighted by Crippen LogP contribution is -2.33. The Labute approximate surface area is 209 Å². The second-order valence-electron chi connectivity index (χ2n) is 7.66. The summed E-state index contributed by atoms with van der Waals surface area (Å²) >= 11 is 4.93. The number of ether oxygens (including phenoxy) is 2. The van der Waals surface area contributed by atoms with Crippen molar-refractivity contribution in [2.45, 2.75) is 26.3 Å². The zero-order chi connectivity index (χ0) is 24.4. The van der Waals surface area contributed by atoms with E-state index >= 15 is 0 Å². The average Bonchev–Trinajstić information content (AvgIpc) is 3.18. The predicted molar refractivity (Wildman–Crippen MR) is 139 cm³/mol. The number of methoxy groups -OCH3 is 2. The molecule has 0 radical (unpaired) electrons. The van der Waals surface area contributed by atoms with Crippen LogP contribution in [0.3, 0.4) is 0 Å². The summed E-state index contributed by atoms with van der Waals surface area (Å²) in [6.45, 7) is 3.84. The van der Waals surface area contributed by atoms with Gasteiger partial charge in [0, 0.05) is 21.0 Å². The van der Waals surface area contributed by atoms with Crippen LogP contribution in [-0.2, 0) is 4.79 Å². The van der Waals surface area contributed by atoms with Crippen molar-refractivity contribution in [1.29, 1.82) is 0 Å². The molecule has 0 aliphatic rings. The van der Waals surface area contributed by atoms with Crippen molar-refractivity contribution < 1.29 is 14.3 Å². The fourth-order valence-corrected chi connectivity index (χ4v) is 5.21. The van der Waals surface area contributed by atoms with E-state index in [-0.39, 0.29) is 11.5 Å². The Morgan fingerprint density at radius 2 is 1.91 bits per heavy atom. The first-order valence-corrected chi connectivity index (χ1v) is 12.3. The molecule has 34 heavy (non-hydrogen) atoms. The van der Waals surface area contributed by atoms with Gasteiger partial charge in [0.15, 0.2) is 0 Å². The number of nitrogens with zero attached hydrogens (tertiary/aromatic N) is 2. The van der Waals surface area contributed by atoms with E-state index in [1.807, 2.05) is 38.1 Å². The van der Waals surface area contributed by atoms with Gasteiger partial charge in [-0.1, -0.05) is 35.0 Å². The van der Waals surface area contributed by atoms with E-state index in [9.17, 15) is 9.59 Å². The van der Waals surface area contributed by atoms with Crippen LogP contribution < -0.4 is 20.3 Å². The van der Waals surface area contributed by atoms with Crippen molar-refractivity contribution >= 4 is 49.1 Å². The van der Waals surface area contributed by atoms with E-state index in [0.717, 1.165) is 20.5 Å². The molecule has 4 rings (SSSR count). The molecule has 0 aliphatic heterocycles. The van der Waals surface area contributed by atoms with Gasteiger partial charge in [-0.3, -0.25) is 14.2 Å². The second-order valence-corrected chi connectivity index (χ2v) is 9.78. The number of anilines is 1. The Hall–Kier alpha value is -3.17. The van der Waals surface area contributed by atoms with E-state index in [4.69, 9.17) is 9.47 Å². The summed E-state index contributed by atoms with van der Waals surface area (Å²) in [6.07, 6.45) is 1.87. The van der Waals surface area contributed by atoms with E-state index in [1.165, 1.54) is 29.3 Å². The maximum absolute atomic E-state index is 13.7. The molecule has 176 valence electrons. The molecule has 2 aromatic carbocycles. The zero-order valence-corrected chi connectivity index (χ0v) is 21.6. The zero-order valence-electron chi connectivity index (χ0n) is 19.2. The van der Waals surface area contributed by atoms with Crippen molar-refractivity contribution in [3.63, 3.8) is 0 Å². The van der Waals surface area contributed by atoms with Crippen LogP contribution in [0.5, 0.6) is 11.5 Å². The molecule has 1 N–H and O–H groups in total. The minimum Gasteiger partial charge on any atom is -0.497 e. The summed E-state index contributed by atoms with van der Waals surface area (Å²) in [4.78, 5) is 33.2. The quantitative estimate of drug-likeness (QED) is 0.319. The maximum atomic E-state index is 13.7. The number of carbonyl (C=O) groups excluding carboxylic acids is 1. The highest BCUT2D eigenvalue weighted by atomic mass is 79.9. The molecule has 9 heteroatoms. The summed E-state index contributed by atoms with van der Waals surface area (Å²) in [5.74, 6) is 0.739. The van der Waals surface area contributed by atoms with E-state index < -0.39 is 6.04 Å². The molecule has 0 spiro atoms. The summed E-state index contributed by atoms with van der Waals surface area (Å²) < 4.78 is 13.0. The van der Waals surface area contributed by atoms with Crippen molar-refractivity contribution in [2.24, 2.45) is 0 Å². The third-order valence-corrected chi connectivity index (χ3v) is 7.18. The lowest BCUT2D eigenvalue weighted by atomic mass is 10.0. The van der Waals surface area contributed by atoms with Gasteiger partial charge >= 0.3 is 0 Å². The molecule has 0 aliphatic carbocycles. The standard InChI is InChI=1S/C25H24BrN3O4S/c1-5-19(23(30)28-18-12-17(32-3)10-11-20(18)33-4)29-13-27-24-22(25(29)31)21(14(2)34-24)15-6-8-16(26)9-7-15/h6-13,19H,5H2,1-4H3,(H,28,30). The fourth-order valence-electron chi connectivity index (χ4n) is 3.94. The molecule has 0 bridgehead atoms. The van der Waals surface area contributed by atoms with Gasteiger partial charge in [0.05, 0.1) is 31.6 Å². The van der Waals surface area contributed by atoms with Crippen LogP contribution in [0, 0.1) is 6.92 Å². The molecular weight excluding hydrogens is 518 g/mol. The predicted octanol–water partition coefficient (Wildman–Crippen LogP) is 5.80. The largest absolute Gasteiger partial charge is 0.497 e. The van der Waals surface area contributed by atoms with Gasteiger partial charge in [0.1, 0.15) is 22.4 Å². The normalized spacial score (nSPS) is 11.9. The summed E-state index contributed by atoms with van der Waals surface area (Å²) in [5.41, 5.74) is 2.01. The first kappa shape index (κ1) is 24.0. The van der Waals surface area contributed by atoms with Gasteiger partial charge in [-0.2, -0.15) is 0 Å². The van der Waals surface area contributed by atoms with E-state index in [0.29, 0.717) is 33.8 Å². The fraction of sp³-hybridized carbons (Fsp3) is 0.240. The number of aryl methyl sites for hydroxylation is 1. The number of hydrogen-bond donors (Lipinski definition) is 1.